The van der Waals surface area contributed by atoms with E-state index in [-0.39, 0.29) is 0 Å². The van der Waals surface area contributed by atoms with E-state index < -0.39 is 9.73 Å². The van der Waals surface area contributed by atoms with Crippen molar-refractivity contribution >= 4 is 9.73 Å². The molecule has 15 heavy (non-hydrogen) atoms. The second-order valence-corrected chi connectivity index (χ2v) is 6.61. The van der Waals surface area contributed by atoms with Crippen LogP contribution >= 0.6 is 0 Å². The van der Waals surface area contributed by atoms with Crippen LogP contribution in [0.4, 0.5) is 0 Å². The largest absolute Gasteiger partial charge is 0.261 e. The molecule has 4 heteroatoms. The molecule has 0 aromatic carbocycles. The molecule has 0 bridgehead atoms. The lowest BCUT2D eigenvalue weighted by Crippen LogP contribution is -2.05. The molecule has 0 aliphatic heterocycles. The molecular formula is C11H18N2OS. The predicted octanol–water partition coefficient (Wildman–Crippen LogP) is 2.42. The van der Waals surface area contributed by atoms with Gasteiger partial charge >= 0.3 is 0 Å². The molecule has 0 radical (unpaired) electrons. The summed E-state index contributed by atoms with van der Waals surface area (Å²) in [4.78, 5) is 4.29. The summed E-state index contributed by atoms with van der Waals surface area (Å²) in [5.74, 6) is 0.874. The van der Waals surface area contributed by atoms with E-state index in [0.717, 1.165) is 5.69 Å². The van der Waals surface area contributed by atoms with E-state index in [9.17, 15) is 4.21 Å². The molecular weight excluding hydrogens is 208 g/mol. The van der Waals surface area contributed by atoms with Crippen molar-refractivity contribution in [3.8, 4) is 0 Å². The molecule has 1 heterocycles. The maximum absolute atomic E-state index is 11.2. The van der Waals surface area contributed by atoms with E-state index in [1.54, 1.807) is 0 Å². The van der Waals surface area contributed by atoms with Gasteiger partial charge in [-0.15, -0.1) is 0 Å². The van der Waals surface area contributed by atoms with Gasteiger partial charge in [0.2, 0.25) is 0 Å². The predicted molar refractivity (Wildman–Crippen MR) is 63.7 cm³/mol. The number of aryl methyl sites for hydroxylation is 1. The van der Waals surface area contributed by atoms with E-state index in [4.69, 9.17) is 4.78 Å². The summed E-state index contributed by atoms with van der Waals surface area (Å²) in [6.45, 7) is 4.25. The van der Waals surface area contributed by atoms with Gasteiger partial charge in [-0.3, -0.25) is 14.0 Å². The molecule has 1 N–H and O–H groups in total. The summed E-state index contributed by atoms with van der Waals surface area (Å²) < 4.78 is 18.5. The van der Waals surface area contributed by atoms with Gasteiger partial charge < -0.3 is 0 Å². The molecule has 0 saturated carbocycles. The van der Waals surface area contributed by atoms with Crippen molar-refractivity contribution in [2.75, 3.05) is 12.0 Å². The van der Waals surface area contributed by atoms with Crippen LogP contribution < -0.4 is 0 Å². The van der Waals surface area contributed by atoms with E-state index in [1.165, 1.54) is 11.8 Å². The zero-order valence-corrected chi connectivity index (χ0v) is 10.3. The Morgan fingerprint density at radius 2 is 2.13 bits per heavy atom. The highest BCUT2D eigenvalue weighted by molar-refractivity contribution is 7.91. The fourth-order valence-electron chi connectivity index (χ4n) is 1.22. The van der Waals surface area contributed by atoms with Crippen LogP contribution in [-0.4, -0.2) is 21.2 Å². The van der Waals surface area contributed by atoms with Crippen LogP contribution in [0.2, 0.25) is 0 Å². The Kier molecular flexibility index (Phi) is 3.85. The SMILES string of the molecule is CC(C)c1ccc(CCS(C)(=N)=O)nc1. The number of nitrogens with zero attached hydrogens (tertiary/aromatic N) is 1. The average molecular weight is 226 g/mol. The molecule has 0 amide bonds. The lowest BCUT2D eigenvalue weighted by molar-refractivity contribution is 0.677. The number of pyridine rings is 1. The van der Waals surface area contributed by atoms with Crippen LogP contribution in [0.1, 0.15) is 31.0 Å². The highest BCUT2D eigenvalue weighted by Crippen LogP contribution is 2.12. The summed E-state index contributed by atoms with van der Waals surface area (Å²) in [6.07, 6.45) is 3.95. The quantitative estimate of drug-likeness (QED) is 0.857. The van der Waals surface area contributed by atoms with Crippen LogP contribution in [0.3, 0.4) is 0 Å². The fourth-order valence-corrected chi connectivity index (χ4v) is 1.82. The Hall–Kier alpha value is -0.900. The second kappa shape index (κ2) is 4.75. The van der Waals surface area contributed by atoms with E-state index in [2.05, 4.69) is 24.9 Å². The minimum Gasteiger partial charge on any atom is -0.261 e. The third-order valence-corrected chi connectivity index (χ3v) is 3.25. The molecule has 0 aliphatic rings. The molecule has 0 fully saturated rings. The standard InChI is InChI=1S/C11H18N2OS/c1-9(2)10-4-5-11(13-8-10)6-7-15(3,12)14/h4-5,8-9,12H,6-7H2,1-3H3. The Balaban J connectivity index is 2.65. The van der Waals surface area contributed by atoms with Crippen LogP contribution in [0, 0.1) is 4.78 Å². The van der Waals surface area contributed by atoms with Crippen LogP contribution in [-0.2, 0) is 16.1 Å². The molecule has 1 aromatic heterocycles. The Morgan fingerprint density at radius 3 is 2.53 bits per heavy atom. The topological polar surface area (TPSA) is 53.8 Å². The fraction of sp³-hybridized carbons (Fsp3) is 0.545. The summed E-state index contributed by atoms with van der Waals surface area (Å²) in [7, 11) is -2.39. The third-order valence-electron chi connectivity index (χ3n) is 2.26. The van der Waals surface area contributed by atoms with E-state index in [0.29, 0.717) is 18.1 Å². The first-order valence-electron chi connectivity index (χ1n) is 5.05. The highest BCUT2D eigenvalue weighted by atomic mass is 32.2. The lowest BCUT2D eigenvalue weighted by Gasteiger charge is -2.06. The normalized spacial score (nSPS) is 15.2. The monoisotopic (exact) mass is 226 g/mol. The van der Waals surface area contributed by atoms with E-state index in [1.807, 2.05) is 12.3 Å². The number of nitrogens with one attached hydrogen (secondary N) is 1. The number of rotatable bonds is 4. The lowest BCUT2D eigenvalue weighted by atomic mass is 10.1. The summed E-state index contributed by atoms with van der Waals surface area (Å²) in [5.41, 5.74) is 2.13. The van der Waals surface area contributed by atoms with Crippen molar-refractivity contribution in [3.05, 3.63) is 29.6 Å². The Morgan fingerprint density at radius 1 is 1.47 bits per heavy atom. The maximum Gasteiger partial charge on any atom is 0.0416 e. The van der Waals surface area contributed by atoms with Crippen molar-refractivity contribution in [2.24, 2.45) is 0 Å². The Bertz CT molecular complexity index is 407. The van der Waals surface area contributed by atoms with Gasteiger partial charge in [-0.25, -0.2) is 0 Å². The van der Waals surface area contributed by atoms with Crippen molar-refractivity contribution in [1.82, 2.24) is 4.98 Å². The molecule has 84 valence electrons. The zero-order chi connectivity index (χ0) is 11.5. The smallest absolute Gasteiger partial charge is 0.0416 e. The molecule has 3 nitrogen and oxygen atoms in total. The van der Waals surface area contributed by atoms with Crippen molar-refractivity contribution in [3.63, 3.8) is 0 Å². The van der Waals surface area contributed by atoms with Gasteiger partial charge in [-0.2, -0.15) is 0 Å². The van der Waals surface area contributed by atoms with Gasteiger partial charge in [-0.1, -0.05) is 19.9 Å². The molecule has 1 rings (SSSR count). The molecule has 0 saturated heterocycles. The van der Waals surface area contributed by atoms with Crippen LogP contribution in [0.5, 0.6) is 0 Å². The van der Waals surface area contributed by atoms with Gasteiger partial charge in [-0.05, 0) is 17.5 Å². The highest BCUT2D eigenvalue weighted by Gasteiger charge is 2.02. The summed E-state index contributed by atoms with van der Waals surface area (Å²) in [5, 5.41) is 0. The summed E-state index contributed by atoms with van der Waals surface area (Å²) in [6, 6.07) is 4.01. The molecule has 1 atom stereocenters. The van der Waals surface area contributed by atoms with Crippen LogP contribution in [0.25, 0.3) is 0 Å². The number of hydrogen-bond donors (Lipinski definition) is 1. The third kappa shape index (κ3) is 4.42. The zero-order valence-electron chi connectivity index (χ0n) is 9.49. The van der Waals surface area contributed by atoms with Crippen LogP contribution in [0.15, 0.2) is 18.3 Å². The maximum atomic E-state index is 11.2. The van der Waals surface area contributed by atoms with Gasteiger partial charge in [0.25, 0.3) is 0 Å². The van der Waals surface area contributed by atoms with E-state index >= 15 is 0 Å². The summed E-state index contributed by atoms with van der Waals surface area (Å²) >= 11 is 0. The van der Waals surface area contributed by atoms with Gasteiger partial charge in [0.1, 0.15) is 0 Å². The first-order chi connectivity index (χ1) is 6.88. The van der Waals surface area contributed by atoms with Gasteiger partial charge in [0.05, 0.1) is 0 Å². The molecule has 1 unspecified atom stereocenters. The number of aromatic nitrogens is 1. The molecule has 0 aliphatic carbocycles. The molecule has 1 aromatic rings. The van der Waals surface area contributed by atoms with Crippen molar-refractivity contribution in [1.29, 1.82) is 4.78 Å². The molecule has 0 spiro atoms. The first-order valence-corrected chi connectivity index (χ1v) is 7.18. The number of hydrogen-bond acceptors (Lipinski definition) is 3. The van der Waals surface area contributed by atoms with Crippen molar-refractivity contribution in [2.45, 2.75) is 26.2 Å². The van der Waals surface area contributed by atoms with Gasteiger partial charge in [0.15, 0.2) is 0 Å². The second-order valence-electron chi connectivity index (χ2n) is 4.20. The minimum absolute atomic E-state index is 0.390. The first kappa shape index (κ1) is 12.2. The van der Waals surface area contributed by atoms with Gasteiger partial charge in [0, 0.05) is 40.0 Å². The average Bonchev–Trinajstić information content (AvgIpc) is 2.14. The Labute approximate surface area is 91.9 Å². The minimum atomic E-state index is -2.39. The van der Waals surface area contributed by atoms with Crippen molar-refractivity contribution < 1.29 is 4.21 Å².